The Kier molecular flexibility index (Phi) is 2.34. The molecule has 1 aromatic carbocycles. The Hall–Kier alpha value is -1.58. The molecule has 1 aromatic rings. The van der Waals surface area contributed by atoms with E-state index in [-0.39, 0.29) is 5.78 Å². The predicted molar refractivity (Wildman–Crippen MR) is 57.6 cm³/mol. The summed E-state index contributed by atoms with van der Waals surface area (Å²) < 4.78 is 13.7. The van der Waals surface area contributed by atoms with E-state index >= 15 is 0 Å². The fourth-order valence-electron chi connectivity index (χ4n) is 1.94. The van der Waals surface area contributed by atoms with Gasteiger partial charge in [0.1, 0.15) is 5.82 Å². The van der Waals surface area contributed by atoms with Gasteiger partial charge in [-0.15, -0.1) is 0 Å². The topological polar surface area (TPSA) is 46.3 Å². The van der Waals surface area contributed by atoms with Crippen molar-refractivity contribution in [2.45, 2.75) is 12.8 Å². The highest BCUT2D eigenvalue weighted by Gasteiger charge is 2.22. The van der Waals surface area contributed by atoms with Gasteiger partial charge in [-0.1, -0.05) is 0 Å². The average molecular weight is 208 g/mol. The van der Waals surface area contributed by atoms with Crippen LogP contribution in [0.2, 0.25) is 0 Å². The molecule has 1 aliphatic heterocycles. The Balaban J connectivity index is 2.64. The standard InChI is InChI=1S/C11H13FN2O/c1-14-4-2-3-10(15)8-5-7(13)6-9(12)11(8)14/h5-6H,2-4,13H2,1H3. The van der Waals surface area contributed by atoms with Crippen LogP contribution in [0.25, 0.3) is 0 Å². The molecule has 2 N–H and O–H groups in total. The number of carbonyl (C=O) groups excluding carboxylic acids is 1. The SMILES string of the molecule is CN1CCCC(=O)c2cc(N)cc(F)c21. The van der Waals surface area contributed by atoms with Crippen LogP contribution in [0.1, 0.15) is 23.2 Å². The summed E-state index contributed by atoms with van der Waals surface area (Å²) in [4.78, 5) is 13.5. The van der Waals surface area contributed by atoms with E-state index in [0.717, 1.165) is 6.42 Å². The molecule has 4 heteroatoms. The molecule has 0 unspecified atom stereocenters. The lowest BCUT2D eigenvalue weighted by Gasteiger charge is -2.19. The number of benzene rings is 1. The maximum Gasteiger partial charge on any atom is 0.165 e. The van der Waals surface area contributed by atoms with Crippen LogP contribution in [0, 0.1) is 5.82 Å². The highest BCUT2D eigenvalue weighted by molar-refractivity contribution is 6.02. The minimum Gasteiger partial charge on any atom is -0.399 e. The third-order valence-electron chi connectivity index (χ3n) is 2.67. The number of fused-ring (bicyclic) bond motifs is 1. The second-order valence-corrected chi connectivity index (χ2v) is 3.85. The van der Waals surface area contributed by atoms with Crippen molar-refractivity contribution >= 4 is 17.2 Å². The van der Waals surface area contributed by atoms with Gasteiger partial charge in [-0.05, 0) is 18.6 Å². The lowest BCUT2D eigenvalue weighted by molar-refractivity contribution is 0.0983. The Bertz CT molecular complexity index is 417. The van der Waals surface area contributed by atoms with E-state index in [1.807, 2.05) is 0 Å². The lowest BCUT2D eigenvalue weighted by Crippen LogP contribution is -2.19. The number of nitrogens with two attached hydrogens (primary N) is 1. The van der Waals surface area contributed by atoms with Gasteiger partial charge in [-0.2, -0.15) is 0 Å². The molecule has 1 heterocycles. The fourth-order valence-corrected chi connectivity index (χ4v) is 1.94. The summed E-state index contributed by atoms with van der Waals surface area (Å²) in [5.41, 5.74) is 6.62. The molecule has 0 atom stereocenters. The van der Waals surface area contributed by atoms with Crippen molar-refractivity contribution in [1.29, 1.82) is 0 Å². The van der Waals surface area contributed by atoms with Gasteiger partial charge in [0.2, 0.25) is 0 Å². The van der Waals surface area contributed by atoms with Gasteiger partial charge in [-0.25, -0.2) is 4.39 Å². The second-order valence-electron chi connectivity index (χ2n) is 3.85. The lowest BCUT2D eigenvalue weighted by atomic mass is 10.1. The summed E-state index contributed by atoms with van der Waals surface area (Å²) in [6.07, 6.45) is 1.21. The number of hydrogen-bond acceptors (Lipinski definition) is 3. The molecule has 0 aromatic heterocycles. The van der Waals surface area contributed by atoms with Crippen molar-refractivity contribution in [1.82, 2.24) is 0 Å². The number of nitrogen functional groups attached to an aromatic ring is 1. The van der Waals surface area contributed by atoms with Gasteiger partial charge in [0.25, 0.3) is 0 Å². The molecule has 0 saturated heterocycles. The van der Waals surface area contributed by atoms with Gasteiger partial charge >= 0.3 is 0 Å². The van der Waals surface area contributed by atoms with Gasteiger partial charge in [0.15, 0.2) is 5.78 Å². The molecule has 0 bridgehead atoms. The first kappa shape index (κ1) is 9.96. The molecule has 0 saturated carbocycles. The summed E-state index contributed by atoms with van der Waals surface area (Å²) in [5.74, 6) is -0.441. The van der Waals surface area contributed by atoms with Gasteiger partial charge in [0, 0.05) is 31.3 Å². The van der Waals surface area contributed by atoms with Crippen LogP contribution in [0.15, 0.2) is 12.1 Å². The number of carbonyl (C=O) groups is 1. The van der Waals surface area contributed by atoms with Gasteiger partial charge < -0.3 is 10.6 Å². The molecule has 1 aliphatic rings. The third kappa shape index (κ3) is 1.67. The number of rotatable bonds is 0. The third-order valence-corrected chi connectivity index (χ3v) is 2.67. The van der Waals surface area contributed by atoms with Crippen LogP contribution in [0.4, 0.5) is 15.8 Å². The quantitative estimate of drug-likeness (QED) is 0.661. The van der Waals surface area contributed by atoms with Crippen molar-refractivity contribution in [2.75, 3.05) is 24.2 Å². The monoisotopic (exact) mass is 208 g/mol. The van der Waals surface area contributed by atoms with Crippen molar-refractivity contribution in [3.8, 4) is 0 Å². The molecular weight excluding hydrogens is 195 g/mol. The van der Waals surface area contributed by atoms with Crippen molar-refractivity contribution in [2.24, 2.45) is 0 Å². The maximum absolute atomic E-state index is 13.7. The van der Waals surface area contributed by atoms with E-state index in [2.05, 4.69) is 0 Å². The van der Waals surface area contributed by atoms with Crippen molar-refractivity contribution in [3.05, 3.63) is 23.5 Å². The van der Waals surface area contributed by atoms with Crippen LogP contribution in [-0.4, -0.2) is 19.4 Å². The number of ketones is 1. The highest BCUT2D eigenvalue weighted by Crippen LogP contribution is 2.30. The zero-order valence-corrected chi connectivity index (χ0v) is 8.59. The van der Waals surface area contributed by atoms with Gasteiger partial charge in [-0.3, -0.25) is 4.79 Å². The maximum atomic E-state index is 13.7. The normalized spacial score (nSPS) is 16.1. The number of halogens is 1. The summed E-state index contributed by atoms with van der Waals surface area (Å²) >= 11 is 0. The highest BCUT2D eigenvalue weighted by atomic mass is 19.1. The molecule has 3 nitrogen and oxygen atoms in total. The first-order valence-electron chi connectivity index (χ1n) is 4.93. The van der Waals surface area contributed by atoms with Crippen LogP contribution in [0.5, 0.6) is 0 Å². The van der Waals surface area contributed by atoms with E-state index < -0.39 is 5.82 Å². The number of anilines is 2. The molecule has 80 valence electrons. The van der Waals surface area contributed by atoms with Crippen LogP contribution in [-0.2, 0) is 0 Å². The summed E-state index contributed by atoms with van der Waals surface area (Å²) in [5, 5.41) is 0. The number of hydrogen-bond donors (Lipinski definition) is 1. The van der Waals surface area contributed by atoms with E-state index in [9.17, 15) is 9.18 Å². The molecular formula is C11H13FN2O. The van der Waals surface area contributed by atoms with Crippen LogP contribution in [0.3, 0.4) is 0 Å². The van der Waals surface area contributed by atoms with E-state index in [4.69, 9.17) is 5.73 Å². The van der Waals surface area contributed by atoms with E-state index in [1.54, 1.807) is 18.0 Å². The zero-order chi connectivity index (χ0) is 11.0. The molecule has 0 radical (unpaired) electrons. The van der Waals surface area contributed by atoms with Gasteiger partial charge in [0.05, 0.1) is 5.69 Å². The van der Waals surface area contributed by atoms with E-state index in [0.29, 0.717) is 29.9 Å². The first-order chi connectivity index (χ1) is 7.09. The largest absolute Gasteiger partial charge is 0.399 e. The van der Waals surface area contributed by atoms with Crippen LogP contribution >= 0.6 is 0 Å². The second kappa shape index (κ2) is 3.53. The Morgan fingerprint density at radius 1 is 1.47 bits per heavy atom. The minimum absolute atomic E-state index is 0.0273. The minimum atomic E-state index is -0.414. The smallest absolute Gasteiger partial charge is 0.165 e. The van der Waals surface area contributed by atoms with Crippen molar-refractivity contribution in [3.63, 3.8) is 0 Å². The molecule has 0 spiro atoms. The fraction of sp³-hybridized carbons (Fsp3) is 0.364. The van der Waals surface area contributed by atoms with E-state index in [1.165, 1.54) is 6.07 Å². The Morgan fingerprint density at radius 3 is 2.93 bits per heavy atom. The number of nitrogens with zero attached hydrogens (tertiary/aromatic N) is 1. The molecule has 15 heavy (non-hydrogen) atoms. The first-order valence-corrected chi connectivity index (χ1v) is 4.93. The Labute approximate surface area is 87.7 Å². The predicted octanol–water partition coefficient (Wildman–Crippen LogP) is 1.82. The molecule has 2 rings (SSSR count). The molecule has 0 fully saturated rings. The summed E-state index contributed by atoms with van der Waals surface area (Å²) in [6, 6.07) is 2.82. The summed E-state index contributed by atoms with van der Waals surface area (Å²) in [6.45, 7) is 0.694. The Morgan fingerprint density at radius 2 is 2.20 bits per heavy atom. The molecule has 0 amide bonds. The zero-order valence-electron chi connectivity index (χ0n) is 8.59. The van der Waals surface area contributed by atoms with Crippen molar-refractivity contribution < 1.29 is 9.18 Å². The summed E-state index contributed by atoms with van der Waals surface area (Å²) in [7, 11) is 1.79. The average Bonchev–Trinajstić information content (AvgIpc) is 2.27. The van der Waals surface area contributed by atoms with Crippen LogP contribution < -0.4 is 10.6 Å². The molecule has 0 aliphatic carbocycles. The number of Topliss-reactive ketones (excluding diaryl/α,β-unsaturated/α-hetero) is 1.